The van der Waals surface area contributed by atoms with Crippen molar-refractivity contribution in [2.45, 2.75) is 39.2 Å². The van der Waals surface area contributed by atoms with Gasteiger partial charge in [-0.05, 0) is 51.0 Å². The van der Waals surface area contributed by atoms with Gasteiger partial charge in [-0.25, -0.2) is 9.59 Å². The van der Waals surface area contributed by atoms with Crippen molar-refractivity contribution in [1.82, 2.24) is 9.80 Å². The number of rotatable bonds is 7. The average Bonchev–Trinajstić information content (AvgIpc) is 2.86. The molecule has 0 saturated carbocycles. The van der Waals surface area contributed by atoms with Gasteiger partial charge in [-0.2, -0.15) is 0 Å². The van der Waals surface area contributed by atoms with Crippen molar-refractivity contribution in [3.8, 4) is 11.5 Å². The van der Waals surface area contributed by atoms with Gasteiger partial charge in [0.05, 0.1) is 7.11 Å². The lowest BCUT2D eigenvalue weighted by Crippen LogP contribution is -2.51. The highest BCUT2D eigenvalue weighted by Gasteiger charge is 2.27. The summed E-state index contributed by atoms with van der Waals surface area (Å²) in [5.41, 5.74) is 1.10. The lowest BCUT2D eigenvalue weighted by molar-refractivity contribution is -0.135. The largest absolute Gasteiger partial charge is 0.466 e. The Labute approximate surface area is 212 Å². The summed E-state index contributed by atoms with van der Waals surface area (Å²) in [5, 5.41) is 0. The van der Waals surface area contributed by atoms with Crippen LogP contribution in [0.5, 0.6) is 11.5 Å². The topological polar surface area (TPSA) is 85.4 Å². The van der Waals surface area contributed by atoms with Gasteiger partial charge < -0.3 is 24.0 Å². The van der Waals surface area contributed by atoms with Gasteiger partial charge in [0.15, 0.2) is 0 Å². The number of esters is 1. The predicted molar refractivity (Wildman–Crippen MR) is 137 cm³/mol. The number of carbonyl (C=O) groups excluding carboxylic acids is 3. The van der Waals surface area contributed by atoms with Crippen LogP contribution in [-0.2, 0) is 25.5 Å². The van der Waals surface area contributed by atoms with Crippen molar-refractivity contribution >= 4 is 24.0 Å². The van der Waals surface area contributed by atoms with Crippen LogP contribution in [0.2, 0.25) is 0 Å². The molecule has 192 valence electrons. The summed E-state index contributed by atoms with van der Waals surface area (Å²) >= 11 is 0. The van der Waals surface area contributed by atoms with Crippen molar-refractivity contribution < 1.29 is 28.6 Å². The molecular formula is C28H34N2O6. The molecule has 0 aromatic heterocycles. The molecule has 0 bridgehead atoms. The molecule has 8 heteroatoms. The van der Waals surface area contributed by atoms with Gasteiger partial charge in [-0.1, -0.05) is 36.4 Å². The van der Waals surface area contributed by atoms with E-state index < -0.39 is 11.6 Å². The van der Waals surface area contributed by atoms with Crippen LogP contribution in [0.4, 0.5) is 4.79 Å². The van der Waals surface area contributed by atoms with Crippen molar-refractivity contribution in [3.63, 3.8) is 0 Å². The van der Waals surface area contributed by atoms with Crippen LogP contribution in [0.3, 0.4) is 0 Å². The smallest absolute Gasteiger partial charge is 0.410 e. The second-order valence-electron chi connectivity index (χ2n) is 9.45. The Morgan fingerprint density at radius 2 is 1.50 bits per heavy atom. The van der Waals surface area contributed by atoms with E-state index in [1.54, 1.807) is 15.9 Å². The van der Waals surface area contributed by atoms with E-state index in [4.69, 9.17) is 9.47 Å². The summed E-state index contributed by atoms with van der Waals surface area (Å²) in [6, 6.07) is 15.0. The molecule has 1 saturated heterocycles. The van der Waals surface area contributed by atoms with E-state index in [1.807, 2.05) is 69.3 Å². The lowest BCUT2D eigenvalue weighted by atomic mass is 10.1. The highest BCUT2D eigenvalue weighted by molar-refractivity contribution is 5.87. The zero-order valence-corrected chi connectivity index (χ0v) is 21.4. The molecule has 36 heavy (non-hydrogen) atoms. The standard InChI is InChI=1S/C28H34N2O6/c1-28(2,3)36-27(33)30-19-17-29(18-20-30)25(31)15-13-21-9-5-7-11-23(21)35-24-12-8-6-10-22(24)14-16-26(32)34-4/h5-12,14,16H,13,15,17-20H2,1-4H3/b16-14+. The molecule has 0 unspecified atom stereocenters. The van der Waals surface area contributed by atoms with Gasteiger partial charge in [-0.15, -0.1) is 0 Å². The van der Waals surface area contributed by atoms with Crippen molar-refractivity contribution in [2.24, 2.45) is 0 Å². The fourth-order valence-electron chi connectivity index (χ4n) is 3.73. The molecule has 3 rings (SSSR count). The third-order valence-corrected chi connectivity index (χ3v) is 5.60. The summed E-state index contributed by atoms with van der Waals surface area (Å²) in [6.07, 6.45) is 3.49. The fraction of sp³-hybridized carbons (Fsp3) is 0.393. The number of nitrogens with zero attached hydrogens (tertiary/aromatic N) is 2. The molecule has 0 atom stereocenters. The number of hydrogen-bond acceptors (Lipinski definition) is 6. The number of amides is 2. The Kier molecular flexibility index (Phi) is 9.11. The van der Waals surface area contributed by atoms with E-state index in [9.17, 15) is 14.4 Å². The predicted octanol–water partition coefficient (Wildman–Crippen LogP) is 4.68. The van der Waals surface area contributed by atoms with Crippen LogP contribution in [0.15, 0.2) is 54.6 Å². The van der Waals surface area contributed by atoms with Gasteiger partial charge in [-0.3, -0.25) is 4.79 Å². The van der Waals surface area contributed by atoms with E-state index in [2.05, 4.69) is 4.74 Å². The first-order chi connectivity index (χ1) is 17.2. The number of hydrogen-bond donors (Lipinski definition) is 0. The fourth-order valence-corrected chi connectivity index (χ4v) is 3.73. The molecular weight excluding hydrogens is 460 g/mol. The SMILES string of the molecule is COC(=O)/C=C/c1ccccc1Oc1ccccc1CCC(=O)N1CCN(C(=O)OC(C)(C)C)CC1. The molecule has 1 fully saturated rings. The zero-order chi connectivity index (χ0) is 26.1. The van der Waals surface area contributed by atoms with Crippen LogP contribution >= 0.6 is 0 Å². The first-order valence-corrected chi connectivity index (χ1v) is 12.0. The van der Waals surface area contributed by atoms with E-state index in [0.29, 0.717) is 50.5 Å². The van der Waals surface area contributed by atoms with Crippen LogP contribution in [0, 0.1) is 0 Å². The summed E-state index contributed by atoms with van der Waals surface area (Å²) in [7, 11) is 1.33. The first kappa shape index (κ1) is 26.8. The third-order valence-electron chi connectivity index (χ3n) is 5.60. The summed E-state index contributed by atoms with van der Waals surface area (Å²) in [5.74, 6) is 0.833. The van der Waals surface area contributed by atoms with Crippen molar-refractivity contribution in [3.05, 3.63) is 65.7 Å². The first-order valence-electron chi connectivity index (χ1n) is 12.0. The Balaban J connectivity index is 1.58. The monoisotopic (exact) mass is 494 g/mol. The molecule has 2 aromatic carbocycles. The zero-order valence-electron chi connectivity index (χ0n) is 21.4. The quantitative estimate of drug-likeness (QED) is 0.411. The minimum absolute atomic E-state index is 0.0371. The Morgan fingerprint density at radius 3 is 2.17 bits per heavy atom. The number of piperazine rings is 1. The van der Waals surface area contributed by atoms with Gasteiger partial charge in [0, 0.05) is 44.2 Å². The summed E-state index contributed by atoms with van der Waals surface area (Å²) in [6.45, 7) is 7.39. The van der Waals surface area contributed by atoms with Gasteiger partial charge in [0.1, 0.15) is 17.1 Å². The highest BCUT2D eigenvalue weighted by atomic mass is 16.6. The molecule has 0 N–H and O–H groups in total. The van der Waals surface area contributed by atoms with E-state index in [1.165, 1.54) is 13.2 Å². The van der Waals surface area contributed by atoms with Crippen LogP contribution < -0.4 is 4.74 Å². The van der Waals surface area contributed by atoms with E-state index >= 15 is 0 Å². The van der Waals surface area contributed by atoms with E-state index in [-0.39, 0.29) is 12.0 Å². The Hall–Kier alpha value is -3.81. The van der Waals surface area contributed by atoms with Gasteiger partial charge in [0.2, 0.25) is 5.91 Å². The number of aryl methyl sites for hydroxylation is 1. The maximum atomic E-state index is 12.9. The lowest BCUT2D eigenvalue weighted by Gasteiger charge is -2.35. The maximum Gasteiger partial charge on any atom is 0.410 e. The maximum absolute atomic E-state index is 12.9. The summed E-state index contributed by atoms with van der Waals surface area (Å²) in [4.78, 5) is 40.1. The minimum atomic E-state index is -0.544. The normalized spacial score (nSPS) is 14.0. The molecule has 1 aliphatic rings. The minimum Gasteiger partial charge on any atom is -0.466 e. The molecule has 1 aliphatic heterocycles. The van der Waals surface area contributed by atoms with Crippen molar-refractivity contribution in [2.75, 3.05) is 33.3 Å². The van der Waals surface area contributed by atoms with Crippen molar-refractivity contribution in [1.29, 1.82) is 0 Å². The molecule has 2 aromatic rings. The molecule has 8 nitrogen and oxygen atoms in total. The number of carbonyl (C=O) groups is 3. The molecule has 1 heterocycles. The van der Waals surface area contributed by atoms with Crippen LogP contribution in [0.1, 0.15) is 38.3 Å². The van der Waals surface area contributed by atoms with E-state index in [0.717, 1.165) is 11.1 Å². The number of benzene rings is 2. The Bertz CT molecular complexity index is 1100. The van der Waals surface area contributed by atoms with Gasteiger partial charge >= 0.3 is 12.1 Å². The average molecular weight is 495 g/mol. The molecule has 0 aliphatic carbocycles. The number of ether oxygens (including phenoxy) is 3. The Morgan fingerprint density at radius 1 is 0.889 bits per heavy atom. The highest BCUT2D eigenvalue weighted by Crippen LogP contribution is 2.29. The summed E-state index contributed by atoms with van der Waals surface area (Å²) < 4.78 is 16.3. The van der Waals surface area contributed by atoms with Crippen LogP contribution in [0.25, 0.3) is 6.08 Å². The number of para-hydroxylation sites is 2. The molecule has 0 spiro atoms. The molecule has 2 amide bonds. The van der Waals surface area contributed by atoms with Crippen LogP contribution in [-0.4, -0.2) is 66.7 Å². The second kappa shape index (κ2) is 12.2. The second-order valence-corrected chi connectivity index (χ2v) is 9.45. The number of methoxy groups -OCH3 is 1. The van der Waals surface area contributed by atoms with Gasteiger partial charge in [0.25, 0.3) is 0 Å². The third kappa shape index (κ3) is 7.86. The molecule has 0 radical (unpaired) electrons.